The van der Waals surface area contributed by atoms with Crippen LogP contribution in [-0.2, 0) is 5.75 Å². The van der Waals surface area contributed by atoms with Gasteiger partial charge < -0.3 is 5.73 Å². The highest BCUT2D eigenvalue weighted by molar-refractivity contribution is 8.00. The van der Waals surface area contributed by atoms with Crippen molar-refractivity contribution in [2.24, 2.45) is 11.7 Å². The van der Waals surface area contributed by atoms with Crippen LogP contribution >= 0.6 is 23.1 Å². The van der Waals surface area contributed by atoms with Gasteiger partial charge >= 0.3 is 0 Å². The van der Waals surface area contributed by atoms with E-state index in [0.717, 1.165) is 21.3 Å². The molecule has 2 N–H and O–H groups in total. The topological polar surface area (TPSA) is 69.1 Å². The number of nitrogens with two attached hydrogens (primary N) is 1. The predicted octanol–water partition coefficient (Wildman–Crippen LogP) is 3.66. The smallest absolute Gasteiger partial charge is 0.235 e. The second kappa shape index (κ2) is 6.94. The van der Waals surface area contributed by atoms with Crippen molar-refractivity contribution in [2.75, 3.05) is 0 Å². The van der Waals surface area contributed by atoms with E-state index in [1.54, 1.807) is 22.3 Å². The lowest BCUT2D eigenvalue weighted by Crippen LogP contribution is -2.16. The molecule has 2 heterocycles. The average Bonchev–Trinajstić information content (AvgIpc) is 3.04. The van der Waals surface area contributed by atoms with E-state index in [4.69, 9.17) is 5.73 Å². The minimum absolute atomic E-state index is 0.173. The molecule has 122 valence electrons. The van der Waals surface area contributed by atoms with Crippen LogP contribution in [0.15, 0.2) is 28.6 Å². The highest BCUT2D eigenvalue weighted by atomic mass is 32.2. The van der Waals surface area contributed by atoms with Gasteiger partial charge in [0.2, 0.25) is 4.96 Å². The number of hydrogen-bond donors (Lipinski definition) is 1. The molecule has 0 spiro atoms. The molecule has 0 saturated carbocycles. The van der Waals surface area contributed by atoms with Crippen molar-refractivity contribution in [3.63, 3.8) is 0 Å². The molecule has 1 aromatic carbocycles. The first-order chi connectivity index (χ1) is 11.0. The van der Waals surface area contributed by atoms with Gasteiger partial charge in [-0.1, -0.05) is 49.1 Å². The Morgan fingerprint density at radius 2 is 2.17 bits per heavy atom. The molecule has 3 rings (SSSR count). The molecule has 1 atom stereocenters. The Morgan fingerprint density at radius 3 is 2.91 bits per heavy atom. The summed E-state index contributed by atoms with van der Waals surface area (Å²) in [7, 11) is 0. The fourth-order valence-electron chi connectivity index (χ4n) is 2.29. The monoisotopic (exact) mass is 351 g/mol. The average molecular weight is 351 g/mol. The van der Waals surface area contributed by atoms with Crippen LogP contribution in [0.3, 0.4) is 0 Å². The maximum atomic E-state index is 13.2. The predicted molar refractivity (Wildman–Crippen MR) is 91.0 cm³/mol. The first-order valence-corrected chi connectivity index (χ1v) is 9.18. The number of halogens is 1. The van der Waals surface area contributed by atoms with Crippen molar-refractivity contribution in [3.8, 4) is 0 Å². The van der Waals surface area contributed by atoms with Crippen LogP contribution in [0.25, 0.3) is 4.96 Å². The highest BCUT2D eigenvalue weighted by Gasteiger charge is 2.18. The van der Waals surface area contributed by atoms with Crippen molar-refractivity contribution < 1.29 is 4.39 Å². The van der Waals surface area contributed by atoms with E-state index >= 15 is 0 Å². The molecule has 0 amide bonds. The highest BCUT2D eigenvalue weighted by Crippen LogP contribution is 2.29. The maximum Gasteiger partial charge on any atom is 0.235 e. The second-order valence-electron chi connectivity index (χ2n) is 5.78. The summed E-state index contributed by atoms with van der Waals surface area (Å²) < 4.78 is 15.8. The normalized spacial score (nSPS) is 13.1. The summed E-state index contributed by atoms with van der Waals surface area (Å²) in [4.78, 5) is 0.737. The summed E-state index contributed by atoms with van der Waals surface area (Å²) in [6.45, 7) is 4.25. The van der Waals surface area contributed by atoms with Crippen molar-refractivity contribution in [1.29, 1.82) is 0 Å². The first kappa shape index (κ1) is 16.4. The molecule has 1 unspecified atom stereocenters. The Hall–Kier alpha value is -1.51. The fourth-order valence-corrected chi connectivity index (χ4v) is 4.12. The second-order valence-corrected chi connectivity index (χ2v) is 7.95. The first-order valence-electron chi connectivity index (χ1n) is 7.38. The number of nitrogens with zero attached hydrogens (tertiary/aromatic N) is 4. The van der Waals surface area contributed by atoms with Gasteiger partial charge in [-0.05, 0) is 30.0 Å². The summed E-state index contributed by atoms with van der Waals surface area (Å²) >= 11 is 3.03. The van der Waals surface area contributed by atoms with E-state index in [1.165, 1.54) is 23.5 Å². The van der Waals surface area contributed by atoms with Crippen LogP contribution < -0.4 is 5.73 Å². The molecule has 2 aromatic heterocycles. The van der Waals surface area contributed by atoms with E-state index < -0.39 is 0 Å². The molecule has 8 heteroatoms. The molecule has 0 radical (unpaired) electrons. The summed E-state index contributed by atoms with van der Waals surface area (Å²) in [6.07, 6.45) is 0.837. The van der Waals surface area contributed by atoms with Crippen LogP contribution in [0.2, 0.25) is 0 Å². The zero-order valence-corrected chi connectivity index (χ0v) is 14.6. The molecule has 5 nitrogen and oxygen atoms in total. The molecular formula is C15H18FN5S2. The van der Waals surface area contributed by atoms with E-state index in [-0.39, 0.29) is 11.9 Å². The summed E-state index contributed by atoms with van der Waals surface area (Å²) in [6, 6.07) is 6.43. The van der Waals surface area contributed by atoms with Crippen LogP contribution in [0.1, 0.15) is 37.7 Å². The maximum absolute atomic E-state index is 13.2. The van der Waals surface area contributed by atoms with Crippen molar-refractivity contribution in [3.05, 3.63) is 41.5 Å². The van der Waals surface area contributed by atoms with Crippen LogP contribution in [-0.4, -0.2) is 19.8 Å². The Bertz CT molecular complexity index is 798. The molecule has 3 aromatic rings. The van der Waals surface area contributed by atoms with Gasteiger partial charge in [0.1, 0.15) is 5.82 Å². The summed E-state index contributed by atoms with van der Waals surface area (Å²) in [5.74, 6) is 1.62. The van der Waals surface area contributed by atoms with Gasteiger partial charge in [0, 0.05) is 5.75 Å². The molecular weight excluding hydrogens is 333 g/mol. The molecule has 0 aliphatic rings. The molecule has 0 saturated heterocycles. The number of hydrogen-bond acceptors (Lipinski definition) is 6. The minimum atomic E-state index is -0.219. The van der Waals surface area contributed by atoms with Gasteiger partial charge in [0.05, 0.1) is 6.04 Å². The molecule has 0 fully saturated rings. The van der Waals surface area contributed by atoms with Crippen LogP contribution in [0.4, 0.5) is 4.39 Å². The standard InChI is InChI=1S/C15H18FN5S2/c1-9(2)6-12(17)13-18-19-14-21(13)20-15(23-14)22-8-10-4-3-5-11(16)7-10/h3-5,7,9,12H,6,8,17H2,1-2H3. The number of benzene rings is 1. The largest absolute Gasteiger partial charge is 0.321 e. The fraction of sp³-hybridized carbons (Fsp3) is 0.400. The minimum Gasteiger partial charge on any atom is -0.321 e. The summed E-state index contributed by atoms with van der Waals surface area (Å²) in [5, 5.41) is 12.8. The van der Waals surface area contributed by atoms with E-state index in [0.29, 0.717) is 17.5 Å². The number of aromatic nitrogens is 4. The quantitative estimate of drug-likeness (QED) is 0.686. The van der Waals surface area contributed by atoms with Gasteiger partial charge in [-0.15, -0.1) is 15.3 Å². The Labute approximate surface area is 142 Å². The SMILES string of the molecule is CC(C)CC(N)c1nnc2sc(SCc3cccc(F)c3)nn12. The van der Waals surface area contributed by atoms with Crippen LogP contribution in [0, 0.1) is 11.7 Å². The van der Waals surface area contributed by atoms with Crippen molar-refractivity contribution in [1.82, 2.24) is 19.8 Å². The number of fused-ring (bicyclic) bond motifs is 1. The van der Waals surface area contributed by atoms with E-state index in [9.17, 15) is 4.39 Å². The molecule has 0 aliphatic carbocycles. The summed E-state index contributed by atoms with van der Waals surface area (Å²) in [5.41, 5.74) is 7.12. The van der Waals surface area contributed by atoms with Gasteiger partial charge in [-0.3, -0.25) is 0 Å². The third-order valence-corrected chi connectivity index (χ3v) is 5.41. The Kier molecular flexibility index (Phi) is 4.93. The van der Waals surface area contributed by atoms with Gasteiger partial charge in [-0.2, -0.15) is 4.52 Å². The van der Waals surface area contributed by atoms with E-state index in [1.807, 2.05) is 6.07 Å². The zero-order chi connectivity index (χ0) is 16.4. The van der Waals surface area contributed by atoms with Gasteiger partial charge in [-0.25, -0.2) is 4.39 Å². The lowest BCUT2D eigenvalue weighted by atomic mass is 10.0. The van der Waals surface area contributed by atoms with Crippen molar-refractivity contribution >= 4 is 28.1 Å². The Balaban J connectivity index is 1.74. The van der Waals surface area contributed by atoms with Crippen molar-refractivity contribution in [2.45, 2.75) is 36.4 Å². The van der Waals surface area contributed by atoms with Gasteiger partial charge in [0.25, 0.3) is 0 Å². The molecule has 23 heavy (non-hydrogen) atoms. The number of rotatable bonds is 6. The zero-order valence-electron chi connectivity index (χ0n) is 12.9. The van der Waals surface area contributed by atoms with Crippen LogP contribution in [0.5, 0.6) is 0 Å². The number of thioether (sulfide) groups is 1. The third kappa shape index (κ3) is 3.88. The lowest BCUT2D eigenvalue weighted by Gasteiger charge is -2.10. The third-order valence-electron chi connectivity index (χ3n) is 3.30. The van der Waals surface area contributed by atoms with E-state index in [2.05, 4.69) is 29.1 Å². The Morgan fingerprint density at radius 1 is 1.35 bits per heavy atom. The van der Waals surface area contributed by atoms with Gasteiger partial charge in [0.15, 0.2) is 10.2 Å². The molecule has 0 aliphatic heterocycles. The lowest BCUT2D eigenvalue weighted by molar-refractivity contribution is 0.485. The molecule has 0 bridgehead atoms.